The number of hydrogen-bond acceptors (Lipinski definition) is 14. The van der Waals surface area contributed by atoms with Crippen LogP contribution in [0.1, 0.15) is 380 Å². The van der Waals surface area contributed by atoms with Gasteiger partial charge in [0, 0.05) is 19.3 Å². The summed E-state index contributed by atoms with van der Waals surface area (Å²) < 4.78 is 61.5. The summed E-state index contributed by atoms with van der Waals surface area (Å²) >= 11 is 0. The third kappa shape index (κ3) is 93.2. The van der Waals surface area contributed by atoms with E-state index in [-0.39, 0.29) is 19.3 Å². The molecule has 0 heterocycles. The van der Waals surface area contributed by atoms with Gasteiger partial charge in [0.2, 0.25) is 0 Å². The quantitative estimate of drug-likeness (QED) is 0.0146. The highest BCUT2D eigenvalue weighted by Gasteiger charge is 2.29. The number of unbranched alkanes of at least 4 members (excludes halogenated alkanes) is 35. The minimum absolute atomic E-state index is 0.0849. The molecule has 0 saturated carbocycles. The SMILES string of the molecule is CC/C=C\C/C=C\C/C=C\C/C=C\C/C=C\C/C=C\CCCCCCCCCCCCCCCCCCC(=O)OCC(O)COP(=O)(O)OCC(O)COP(=O)(O)OCC(COC(=O)CCCCCCCCCCCC/C=C\C/C=C\C/C=C\C/C=C\C/C=C\C/C=C\CC)OC(=O)CCCCCCCC/C=C\C/C=C\C/C=C\CCCCC. The second-order valence-corrected chi connectivity index (χ2v) is 34.0. The van der Waals surface area contributed by atoms with Crippen LogP contribution in [-0.4, -0.2) is 95.9 Å². The van der Waals surface area contributed by atoms with Crippen LogP contribution in [0.25, 0.3) is 0 Å². The molecule has 0 amide bonds. The molecule has 0 bridgehead atoms. The zero-order chi connectivity index (χ0) is 86.5. The monoisotopic (exact) mass is 1700 g/mol. The van der Waals surface area contributed by atoms with E-state index < -0.39 is 91.5 Å². The van der Waals surface area contributed by atoms with E-state index in [0.717, 1.165) is 186 Å². The minimum atomic E-state index is -4.95. The molecule has 4 N–H and O–H groups in total. The number of rotatable bonds is 88. The first kappa shape index (κ1) is 114. The predicted octanol–water partition coefficient (Wildman–Crippen LogP) is 29.2. The highest BCUT2D eigenvalue weighted by molar-refractivity contribution is 7.47. The summed E-state index contributed by atoms with van der Waals surface area (Å²) in [6.45, 7) is 2.44. The Hall–Kier alpha value is -5.35. The lowest BCUT2D eigenvalue weighted by Crippen LogP contribution is -2.30. The summed E-state index contributed by atoms with van der Waals surface area (Å²) in [4.78, 5) is 59.0. The van der Waals surface area contributed by atoms with Crippen LogP contribution in [0.15, 0.2) is 182 Å². The summed E-state index contributed by atoms with van der Waals surface area (Å²) in [5.41, 5.74) is 0. The van der Waals surface area contributed by atoms with Crippen molar-refractivity contribution in [3.05, 3.63) is 182 Å². The van der Waals surface area contributed by atoms with E-state index in [4.69, 9.17) is 32.3 Å². The van der Waals surface area contributed by atoms with Gasteiger partial charge in [-0.15, -0.1) is 0 Å². The van der Waals surface area contributed by atoms with Crippen molar-refractivity contribution in [3.63, 3.8) is 0 Å². The molecule has 0 aliphatic heterocycles. The topological polar surface area (TPSA) is 231 Å². The fourth-order valence-electron chi connectivity index (χ4n) is 12.5. The van der Waals surface area contributed by atoms with Gasteiger partial charge in [-0.1, -0.05) is 383 Å². The molecule has 5 unspecified atom stereocenters. The van der Waals surface area contributed by atoms with Gasteiger partial charge >= 0.3 is 33.6 Å². The maximum absolute atomic E-state index is 13.1. The van der Waals surface area contributed by atoms with E-state index in [0.29, 0.717) is 19.3 Å². The molecule has 119 heavy (non-hydrogen) atoms. The summed E-state index contributed by atoms with van der Waals surface area (Å²) in [6, 6.07) is 0. The molecular formula is C101H170O16P2. The molecule has 0 radical (unpaired) electrons. The predicted molar refractivity (Wildman–Crippen MR) is 500 cm³/mol. The number of phosphoric acid groups is 2. The highest BCUT2D eigenvalue weighted by atomic mass is 31.2. The molecule has 16 nitrogen and oxygen atoms in total. The first-order valence-corrected chi connectivity index (χ1v) is 50.1. The summed E-state index contributed by atoms with van der Waals surface area (Å²) in [5, 5.41) is 20.7. The summed E-state index contributed by atoms with van der Waals surface area (Å²) in [5.74, 6) is -1.59. The third-order valence-electron chi connectivity index (χ3n) is 19.6. The van der Waals surface area contributed by atoms with E-state index in [1.165, 1.54) is 135 Å². The van der Waals surface area contributed by atoms with Crippen molar-refractivity contribution >= 4 is 33.6 Å². The van der Waals surface area contributed by atoms with Gasteiger partial charge in [0.25, 0.3) is 0 Å². The normalized spacial score (nSPS) is 14.6. The number of aliphatic hydroxyl groups is 2. The second kappa shape index (κ2) is 91.8. The average molecular weight is 1700 g/mol. The standard InChI is InChI=1S/C101H170O16P2/c1-4-7-10-13-16-19-22-25-28-31-34-36-38-40-42-44-45-46-47-48-49-51-53-54-56-58-61-63-66-69-72-75-78-81-84-87-99(104)111-90-96(102)91-113-118(107,108)114-92-97(103)93-115-119(109,110)116-95-98(117-101(106)89-86-83-80-77-74-71-68-65-60-33-30-27-24-21-18-15-12-9-6-3)94-112-100(105)88-85-82-79-76-73-70-67-64-62-59-57-55-52-50-43-41-39-37-35-32-29-26-23-20-17-14-11-8-5-2/h7-8,10-11,16-21,25-30,34-37,40-43,45-46,52,55,60,65,96-98,102-103H,4-6,9,12-15,22-24,31-33,38-39,44,47-51,53-54,56-59,61-64,66-95H2,1-3H3,(H,107,108)(H,109,110)/b10-7-,11-8-,19-16-,20-17-,21-18-,28-25-,29-26-,30-27-,36-34-,37-35-,42-40-,43-41-,46-45-,55-52-,65-60-. The van der Waals surface area contributed by atoms with Crippen LogP contribution in [-0.2, 0) is 55.8 Å². The lowest BCUT2D eigenvalue weighted by Gasteiger charge is -2.21. The Morgan fingerprint density at radius 1 is 0.244 bits per heavy atom. The number of ether oxygens (including phenoxy) is 3. The fraction of sp³-hybridized carbons (Fsp3) is 0.673. The number of carbonyl (C=O) groups is 3. The van der Waals surface area contributed by atoms with Gasteiger partial charge < -0.3 is 34.2 Å². The molecule has 0 aliphatic carbocycles. The Morgan fingerprint density at radius 3 is 0.706 bits per heavy atom. The lowest BCUT2D eigenvalue weighted by atomic mass is 10.0. The minimum Gasteiger partial charge on any atom is -0.463 e. The van der Waals surface area contributed by atoms with Crippen molar-refractivity contribution in [3.8, 4) is 0 Å². The first-order chi connectivity index (χ1) is 58.2. The third-order valence-corrected chi connectivity index (χ3v) is 21.5. The Morgan fingerprint density at radius 2 is 0.445 bits per heavy atom. The second-order valence-electron chi connectivity index (χ2n) is 31.0. The molecule has 0 aromatic heterocycles. The maximum atomic E-state index is 13.1. The Kier molecular flexibility index (Phi) is 87.7. The van der Waals surface area contributed by atoms with Crippen LogP contribution in [0.2, 0.25) is 0 Å². The molecule has 680 valence electrons. The number of carbonyl (C=O) groups excluding carboxylic acids is 3. The van der Waals surface area contributed by atoms with E-state index in [1.807, 2.05) is 0 Å². The highest BCUT2D eigenvalue weighted by Crippen LogP contribution is 2.45. The van der Waals surface area contributed by atoms with Gasteiger partial charge in [-0.05, 0) is 161 Å². The Bertz CT molecular complexity index is 2890. The molecule has 0 saturated heterocycles. The van der Waals surface area contributed by atoms with E-state index in [9.17, 15) is 43.5 Å². The summed E-state index contributed by atoms with van der Waals surface area (Å²) in [7, 11) is -9.82. The van der Waals surface area contributed by atoms with Crippen LogP contribution in [0.4, 0.5) is 0 Å². The molecule has 0 aliphatic rings. The van der Waals surface area contributed by atoms with Crippen molar-refractivity contribution in [1.82, 2.24) is 0 Å². The Balaban J connectivity index is 4.53. The number of esters is 3. The van der Waals surface area contributed by atoms with Crippen molar-refractivity contribution in [2.45, 2.75) is 399 Å². The van der Waals surface area contributed by atoms with E-state index in [2.05, 4.69) is 203 Å². The lowest BCUT2D eigenvalue weighted by molar-refractivity contribution is -0.161. The zero-order valence-electron chi connectivity index (χ0n) is 75.0. The number of hydrogen-bond donors (Lipinski definition) is 4. The van der Waals surface area contributed by atoms with Gasteiger partial charge in [-0.25, -0.2) is 9.13 Å². The molecule has 0 rings (SSSR count). The molecule has 5 atom stereocenters. The number of aliphatic hydroxyl groups excluding tert-OH is 2. The van der Waals surface area contributed by atoms with Gasteiger partial charge in [-0.3, -0.25) is 32.5 Å². The molecule has 0 fully saturated rings. The molecule has 0 aromatic carbocycles. The van der Waals surface area contributed by atoms with Gasteiger partial charge in [0.1, 0.15) is 25.4 Å². The molecule has 0 spiro atoms. The van der Waals surface area contributed by atoms with E-state index in [1.54, 1.807) is 0 Å². The van der Waals surface area contributed by atoms with Gasteiger partial charge in [0.05, 0.1) is 26.4 Å². The van der Waals surface area contributed by atoms with Crippen molar-refractivity contribution < 1.29 is 75.8 Å². The largest absolute Gasteiger partial charge is 0.472 e. The smallest absolute Gasteiger partial charge is 0.463 e. The van der Waals surface area contributed by atoms with Crippen molar-refractivity contribution in [2.24, 2.45) is 0 Å². The fourth-order valence-corrected chi connectivity index (χ4v) is 14.1. The van der Waals surface area contributed by atoms with Crippen LogP contribution in [0, 0.1) is 0 Å². The molecule has 18 heteroatoms. The zero-order valence-corrected chi connectivity index (χ0v) is 76.8. The van der Waals surface area contributed by atoms with Crippen LogP contribution in [0.5, 0.6) is 0 Å². The maximum Gasteiger partial charge on any atom is 0.472 e. The number of phosphoric ester groups is 2. The van der Waals surface area contributed by atoms with Gasteiger partial charge in [-0.2, -0.15) is 0 Å². The average Bonchev–Trinajstić information content (AvgIpc) is 0.924. The first-order valence-electron chi connectivity index (χ1n) is 47.1. The van der Waals surface area contributed by atoms with Crippen molar-refractivity contribution in [2.75, 3.05) is 39.6 Å². The van der Waals surface area contributed by atoms with Gasteiger partial charge in [0.15, 0.2) is 6.10 Å². The van der Waals surface area contributed by atoms with Crippen LogP contribution >= 0.6 is 15.6 Å². The van der Waals surface area contributed by atoms with E-state index >= 15 is 0 Å². The van der Waals surface area contributed by atoms with Crippen molar-refractivity contribution in [1.29, 1.82) is 0 Å². The number of allylic oxidation sites excluding steroid dienone is 30. The summed E-state index contributed by atoms with van der Waals surface area (Å²) in [6.07, 6.45) is 121. The van der Waals surface area contributed by atoms with Crippen LogP contribution in [0.3, 0.4) is 0 Å². The molecular weight excluding hydrogens is 1530 g/mol. The Labute approximate surface area is 725 Å². The van der Waals surface area contributed by atoms with Crippen LogP contribution < -0.4 is 0 Å². The molecule has 0 aromatic rings.